The summed E-state index contributed by atoms with van der Waals surface area (Å²) < 4.78 is 10.8. The third-order valence-corrected chi connectivity index (χ3v) is 2.88. The van der Waals surface area contributed by atoms with Crippen LogP contribution in [0.4, 0.5) is 0 Å². The molecule has 0 radical (unpaired) electrons. The molecule has 0 bridgehead atoms. The minimum Gasteiger partial charge on any atom is -0.382 e. The monoisotopic (exact) mass is 156 g/mol. The first-order chi connectivity index (χ1) is 5.16. The molecule has 0 aromatic rings. The lowest BCUT2D eigenvalue weighted by Crippen LogP contribution is -2.21. The fourth-order valence-corrected chi connectivity index (χ4v) is 1.64. The minimum atomic E-state index is 0.310. The van der Waals surface area contributed by atoms with Gasteiger partial charge < -0.3 is 9.47 Å². The van der Waals surface area contributed by atoms with Gasteiger partial charge in [-0.25, -0.2) is 0 Å². The van der Waals surface area contributed by atoms with Crippen molar-refractivity contribution in [2.24, 2.45) is 11.8 Å². The summed E-state index contributed by atoms with van der Waals surface area (Å²) in [4.78, 5) is 0. The van der Waals surface area contributed by atoms with Crippen LogP contribution in [0.5, 0.6) is 0 Å². The van der Waals surface area contributed by atoms with Gasteiger partial charge in [-0.05, 0) is 11.8 Å². The molecule has 0 aliphatic carbocycles. The lowest BCUT2D eigenvalue weighted by Gasteiger charge is -2.14. The van der Waals surface area contributed by atoms with E-state index in [1.165, 1.54) is 0 Å². The fraction of sp³-hybridized carbons (Fsp3) is 1.00. The first-order valence-corrected chi connectivity index (χ1v) is 4.31. The summed E-state index contributed by atoms with van der Waals surface area (Å²) in [5.41, 5.74) is 0. The van der Waals surface area contributed by atoms with Gasteiger partial charge in [0.2, 0.25) is 0 Å². The van der Waals surface area contributed by atoms with Crippen LogP contribution in [0.15, 0.2) is 0 Å². The second-order valence-electron chi connectivity index (χ2n) is 3.55. The highest BCUT2D eigenvalue weighted by Crippen LogP contribution is 2.30. The summed E-state index contributed by atoms with van der Waals surface area (Å²) >= 11 is 0. The molecule has 3 heteroatoms. The van der Waals surface area contributed by atoms with Gasteiger partial charge in [0.1, 0.15) is 7.85 Å². The lowest BCUT2D eigenvalue weighted by atomic mass is 9.82. The molecule has 64 valence electrons. The summed E-state index contributed by atoms with van der Waals surface area (Å²) in [6.45, 7) is 5.21. The average Bonchev–Trinajstić information content (AvgIpc) is 2.19. The highest BCUT2D eigenvalue weighted by Gasteiger charge is 2.35. The van der Waals surface area contributed by atoms with E-state index in [0.717, 1.165) is 6.61 Å². The Balaban J connectivity index is 2.45. The Hall–Kier alpha value is -0.0151. The Morgan fingerprint density at radius 1 is 1.36 bits per heavy atom. The number of methoxy groups -OCH3 is 1. The largest absolute Gasteiger partial charge is 0.382 e. The van der Waals surface area contributed by atoms with Gasteiger partial charge in [0.15, 0.2) is 0 Å². The van der Waals surface area contributed by atoms with Crippen molar-refractivity contribution in [3.63, 3.8) is 0 Å². The molecule has 1 aliphatic rings. The Morgan fingerprint density at radius 3 is 2.36 bits per heavy atom. The Labute approximate surface area is 69.7 Å². The molecular formula is C8H17BO2. The zero-order chi connectivity index (χ0) is 8.43. The van der Waals surface area contributed by atoms with Crippen molar-refractivity contribution in [1.29, 1.82) is 0 Å². The molecule has 1 aliphatic heterocycles. The van der Waals surface area contributed by atoms with Gasteiger partial charge in [-0.2, -0.15) is 0 Å². The summed E-state index contributed by atoms with van der Waals surface area (Å²) in [6, 6.07) is 0.394. The third-order valence-electron chi connectivity index (χ3n) is 2.88. The topological polar surface area (TPSA) is 18.5 Å². The van der Waals surface area contributed by atoms with Gasteiger partial charge in [0.25, 0.3) is 0 Å². The molecule has 4 atom stereocenters. The van der Waals surface area contributed by atoms with E-state index >= 15 is 0 Å². The summed E-state index contributed by atoms with van der Waals surface area (Å²) in [7, 11) is 3.86. The van der Waals surface area contributed by atoms with Gasteiger partial charge in [-0.15, -0.1) is 0 Å². The molecule has 0 spiro atoms. The Morgan fingerprint density at radius 2 is 2.00 bits per heavy atom. The predicted molar refractivity (Wildman–Crippen MR) is 47.4 cm³/mol. The number of hydrogen-bond acceptors (Lipinski definition) is 2. The molecule has 4 unspecified atom stereocenters. The fourth-order valence-electron chi connectivity index (χ4n) is 1.64. The first-order valence-electron chi connectivity index (χ1n) is 4.31. The van der Waals surface area contributed by atoms with Gasteiger partial charge >= 0.3 is 0 Å². The van der Waals surface area contributed by atoms with Gasteiger partial charge in [0, 0.05) is 13.1 Å². The standard InChI is InChI=1S/C8H17BO2/c1-5-6(2)8(9)11-7(5)4-10-3/h5-8H,4,9H2,1-3H3. The maximum atomic E-state index is 5.70. The molecule has 1 rings (SSSR count). The Kier molecular flexibility index (Phi) is 2.96. The van der Waals surface area contributed by atoms with Crippen LogP contribution < -0.4 is 0 Å². The first kappa shape index (κ1) is 9.08. The van der Waals surface area contributed by atoms with E-state index in [1.54, 1.807) is 7.11 Å². The average molecular weight is 156 g/mol. The van der Waals surface area contributed by atoms with Crippen LogP contribution in [-0.4, -0.2) is 33.7 Å². The third kappa shape index (κ3) is 1.77. The summed E-state index contributed by atoms with van der Waals surface area (Å²) in [5, 5.41) is 0. The zero-order valence-electron chi connectivity index (χ0n) is 7.83. The molecular weight excluding hydrogens is 139 g/mol. The molecule has 1 heterocycles. The van der Waals surface area contributed by atoms with Crippen LogP contribution in [0.2, 0.25) is 0 Å². The van der Waals surface area contributed by atoms with E-state index in [1.807, 2.05) is 0 Å². The Bertz CT molecular complexity index is 129. The van der Waals surface area contributed by atoms with Gasteiger partial charge in [-0.1, -0.05) is 13.8 Å². The van der Waals surface area contributed by atoms with E-state index in [-0.39, 0.29) is 0 Å². The molecule has 1 fully saturated rings. The van der Waals surface area contributed by atoms with Crippen LogP contribution in [0.25, 0.3) is 0 Å². The van der Waals surface area contributed by atoms with Crippen LogP contribution in [0, 0.1) is 11.8 Å². The number of ether oxygens (including phenoxy) is 2. The van der Waals surface area contributed by atoms with E-state index in [4.69, 9.17) is 9.47 Å². The van der Waals surface area contributed by atoms with E-state index in [0.29, 0.717) is 23.9 Å². The predicted octanol–water partition coefficient (Wildman–Crippen LogP) is 0.263. The van der Waals surface area contributed by atoms with Gasteiger partial charge in [-0.3, -0.25) is 0 Å². The van der Waals surface area contributed by atoms with E-state index in [9.17, 15) is 0 Å². The highest BCUT2D eigenvalue weighted by atomic mass is 16.5. The number of rotatable bonds is 2. The van der Waals surface area contributed by atoms with Crippen LogP contribution in [0.1, 0.15) is 13.8 Å². The van der Waals surface area contributed by atoms with Crippen molar-refractivity contribution in [3.8, 4) is 0 Å². The quantitative estimate of drug-likeness (QED) is 0.534. The molecule has 0 saturated carbocycles. The second kappa shape index (κ2) is 3.59. The van der Waals surface area contributed by atoms with Crippen LogP contribution in [0.3, 0.4) is 0 Å². The molecule has 0 amide bonds. The van der Waals surface area contributed by atoms with Crippen molar-refractivity contribution < 1.29 is 9.47 Å². The molecule has 11 heavy (non-hydrogen) atoms. The smallest absolute Gasteiger partial charge is 0.139 e. The molecule has 0 aromatic carbocycles. The SMILES string of the molecule is BC1OC(COC)C(C)C1C. The minimum absolute atomic E-state index is 0.310. The van der Waals surface area contributed by atoms with Crippen molar-refractivity contribution >= 4 is 7.85 Å². The van der Waals surface area contributed by atoms with E-state index < -0.39 is 0 Å². The maximum Gasteiger partial charge on any atom is 0.139 e. The summed E-state index contributed by atoms with van der Waals surface area (Å²) in [5.74, 6) is 1.29. The zero-order valence-corrected chi connectivity index (χ0v) is 7.83. The second-order valence-corrected chi connectivity index (χ2v) is 3.55. The van der Waals surface area contributed by atoms with E-state index in [2.05, 4.69) is 21.7 Å². The van der Waals surface area contributed by atoms with Crippen LogP contribution >= 0.6 is 0 Å². The van der Waals surface area contributed by atoms with Crippen molar-refractivity contribution in [3.05, 3.63) is 0 Å². The lowest BCUT2D eigenvalue weighted by molar-refractivity contribution is 0.0116. The molecule has 0 N–H and O–H groups in total. The van der Waals surface area contributed by atoms with Crippen molar-refractivity contribution in [1.82, 2.24) is 0 Å². The maximum absolute atomic E-state index is 5.70. The van der Waals surface area contributed by atoms with Crippen molar-refractivity contribution in [2.45, 2.75) is 26.0 Å². The number of hydrogen-bond donors (Lipinski definition) is 0. The molecule has 1 saturated heterocycles. The van der Waals surface area contributed by atoms with Crippen molar-refractivity contribution in [2.75, 3.05) is 13.7 Å². The summed E-state index contributed by atoms with van der Waals surface area (Å²) in [6.07, 6.45) is 0.310. The van der Waals surface area contributed by atoms with Crippen LogP contribution in [-0.2, 0) is 9.47 Å². The normalized spacial score (nSPS) is 44.6. The molecule has 0 aromatic heterocycles. The molecule has 2 nitrogen and oxygen atoms in total. The highest BCUT2D eigenvalue weighted by molar-refractivity contribution is 6.11. The van der Waals surface area contributed by atoms with Gasteiger partial charge in [0.05, 0.1) is 12.7 Å².